The number of ether oxygens (including phenoxy) is 1. The molecule has 0 aliphatic carbocycles. The molecular formula is C21H21ClFN3O2S. The van der Waals surface area contributed by atoms with Crippen LogP contribution in [0.25, 0.3) is 10.2 Å². The van der Waals surface area contributed by atoms with Gasteiger partial charge in [0.25, 0.3) is 5.91 Å². The molecule has 0 saturated carbocycles. The number of carbonyl (C=O) groups is 1. The van der Waals surface area contributed by atoms with Gasteiger partial charge in [0, 0.05) is 36.8 Å². The van der Waals surface area contributed by atoms with Crippen LogP contribution in [-0.2, 0) is 4.74 Å². The third-order valence-electron chi connectivity index (χ3n) is 4.93. The predicted octanol–water partition coefficient (Wildman–Crippen LogP) is 4.38. The van der Waals surface area contributed by atoms with Gasteiger partial charge in [-0.3, -0.25) is 14.6 Å². The molecule has 1 aliphatic heterocycles. The van der Waals surface area contributed by atoms with E-state index < -0.39 is 5.82 Å². The van der Waals surface area contributed by atoms with Crippen molar-refractivity contribution in [1.29, 1.82) is 0 Å². The number of carbonyl (C=O) groups excluding carboxylic acids is 1. The van der Waals surface area contributed by atoms with Gasteiger partial charge in [-0.1, -0.05) is 29.0 Å². The maximum atomic E-state index is 13.7. The first-order valence-electron chi connectivity index (χ1n) is 9.45. The topological polar surface area (TPSA) is 45.7 Å². The number of halogens is 2. The van der Waals surface area contributed by atoms with E-state index in [1.807, 2.05) is 19.1 Å². The van der Waals surface area contributed by atoms with Gasteiger partial charge in [0.15, 0.2) is 5.13 Å². The molecule has 0 unspecified atom stereocenters. The second kappa shape index (κ2) is 8.75. The number of aromatic nitrogens is 1. The molecule has 1 aliphatic rings. The molecule has 1 aromatic heterocycles. The predicted molar refractivity (Wildman–Crippen MR) is 115 cm³/mol. The fraction of sp³-hybridized carbons (Fsp3) is 0.333. The maximum absolute atomic E-state index is 13.7. The second-order valence-corrected chi connectivity index (χ2v) is 8.43. The standard InChI is InChI=1S/C21H21ClFN3O2S/c1-14-11-16(22)13-18-19(14)24-21(29-18)26(6-5-25-7-9-28-10-8-25)20(27)15-3-2-4-17(23)12-15/h2-4,11-13H,5-10H2,1H3. The molecule has 152 valence electrons. The fourth-order valence-corrected chi connectivity index (χ4v) is 4.83. The summed E-state index contributed by atoms with van der Waals surface area (Å²) in [4.78, 5) is 21.9. The smallest absolute Gasteiger partial charge is 0.260 e. The molecule has 5 nitrogen and oxygen atoms in total. The minimum Gasteiger partial charge on any atom is -0.379 e. The van der Waals surface area contributed by atoms with Crippen LogP contribution in [0.1, 0.15) is 15.9 Å². The van der Waals surface area contributed by atoms with Crippen LogP contribution < -0.4 is 4.90 Å². The zero-order chi connectivity index (χ0) is 20.4. The van der Waals surface area contributed by atoms with Gasteiger partial charge in [0.05, 0.1) is 23.4 Å². The van der Waals surface area contributed by atoms with Crippen LogP contribution in [0.5, 0.6) is 0 Å². The van der Waals surface area contributed by atoms with Gasteiger partial charge in [-0.05, 0) is 42.8 Å². The van der Waals surface area contributed by atoms with E-state index >= 15 is 0 Å². The molecule has 0 radical (unpaired) electrons. The number of morpholine rings is 1. The van der Waals surface area contributed by atoms with Crippen molar-refractivity contribution in [3.8, 4) is 0 Å². The van der Waals surface area contributed by atoms with Crippen molar-refractivity contribution in [2.24, 2.45) is 0 Å². The van der Waals surface area contributed by atoms with Crippen LogP contribution in [0, 0.1) is 12.7 Å². The highest BCUT2D eigenvalue weighted by atomic mass is 35.5. The van der Waals surface area contributed by atoms with Gasteiger partial charge < -0.3 is 4.74 Å². The van der Waals surface area contributed by atoms with Crippen LogP contribution in [-0.4, -0.2) is 55.2 Å². The zero-order valence-electron chi connectivity index (χ0n) is 16.0. The first-order valence-corrected chi connectivity index (χ1v) is 10.6. The molecule has 2 aromatic carbocycles. The average Bonchev–Trinajstić information content (AvgIpc) is 3.13. The molecular weight excluding hydrogens is 413 g/mol. The lowest BCUT2D eigenvalue weighted by Gasteiger charge is -2.29. The number of nitrogens with zero attached hydrogens (tertiary/aromatic N) is 3. The minimum absolute atomic E-state index is 0.263. The number of rotatable bonds is 5. The van der Waals surface area contributed by atoms with Gasteiger partial charge in [-0.15, -0.1) is 0 Å². The molecule has 3 aromatic rings. The van der Waals surface area contributed by atoms with E-state index in [9.17, 15) is 9.18 Å². The van der Waals surface area contributed by atoms with Gasteiger partial charge in [-0.2, -0.15) is 0 Å². The number of hydrogen-bond acceptors (Lipinski definition) is 5. The molecule has 2 heterocycles. The van der Waals surface area contributed by atoms with Gasteiger partial charge >= 0.3 is 0 Å². The number of aryl methyl sites for hydroxylation is 1. The molecule has 1 fully saturated rings. The van der Waals surface area contributed by atoms with Crippen molar-refractivity contribution < 1.29 is 13.9 Å². The Morgan fingerprint density at radius 2 is 2.10 bits per heavy atom. The summed E-state index contributed by atoms with van der Waals surface area (Å²) in [5, 5.41) is 1.23. The summed E-state index contributed by atoms with van der Waals surface area (Å²) < 4.78 is 20.0. The number of anilines is 1. The van der Waals surface area contributed by atoms with Crippen molar-refractivity contribution in [1.82, 2.24) is 9.88 Å². The van der Waals surface area contributed by atoms with Crippen molar-refractivity contribution in [2.75, 3.05) is 44.3 Å². The number of fused-ring (bicyclic) bond motifs is 1. The Bertz CT molecular complexity index is 1040. The number of amides is 1. The number of thiazole rings is 1. The lowest BCUT2D eigenvalue weighted by atomic mass is 10.2. The normalized spacial score (nSPS) is 15.0. The highest BCUT2D eigenvalue weighted by molar-refractivity contribution is 7.22. The maximum Gasteiger partial charge on any atom is 0.260 e. The van der Waals surface area contributed by atoms with E-state index in [2.05, 4.69) is 4.90 Å². The van der Waals surface area contributed by atoms with Gasteiger partial charge in [0.2, 0.25) is 0 Å². The van der Waals surface area contributed by atoms with E-state index in [-0.39, 0.29) is 5.91 Å². The Morgan fingerprint density at radius 1 is 1.31 bits per heavy atom. The van der Waals surface area contributed by atoms with E-state index in [1.54, 1.807) is 17.0 Å². The van der Waals surface area contributed by atoms with Gasteiger partial charge in [0.1, 0.15) is 5.82 Å². The summed E-state index contributed by atoms with van der Waals surface area (Å²) in [7, 11) is 0. The molecule has 0 bridgehead atoms. The van der Waals surface area contributed by atoms with Crippen LogP contribution in [0.4, 0.5) is 9.52 Å². The molecule has 1 amide bonds. The highest BCUT2D eigenvalue weighted by Crippen LogP contribution is 2.33. The molecule has 0 N–H and O–H groups in total. The third kappa shape index (κ3) is 4.59. The molecule has 0 spiro atoms. The van der Waals surface area contributed by atoms with E-state index in [4.69, 9.17) is 21.3 Å². The highest BCUT2D eigenvalue weighted by Gasteiger charge is 2.23. The summed E-state index contributed by atoms with van der Waals surface area (Å²) in [6, 6.07) is 9.49. The molecule has 8 heteroatoms. The summed E-state index contributed by atoms with van der Waals surface area (Å²) in [6.45, 7) is 6.15. The van der Waals surface area contributed by atoms with Crippen LogP contribution >= 0.6 is 22.9 Å². The monoisotopic (exact) mass is 433 g/mol. The Morgan fingerprint density at radius 3 is 2.86 bits per heavy atom. The molecule has 0 atom stereocenters. The molecule has 4 rings (SSSR count). The molecule has 1 saturated heterocycles. The lowest BCUT2D eigenvalue weighted by Crippen LogP contribution is -2.43. The first kappa shape index (κ1) is 20.2. The fourth-order valence-electron chi connectivity index (χ4n) is 3.39. The summed E-state index contributed by atoms with van der Waals surface area (Å²) >= 11 is 7.61. The average molecular weight is 434 g/mol. The minimum atomic E-state index is -0.434. The van der Waals surface area contributed by atoms with Crippen molar-refractivity contribution in [3.63, 3.8) is 0 Å². The van der Waals surface area contributed by atoms with Crippen molar-refractivity contribution in [2.45, 2.75) is 6.92 Å². The SMILES string of the molecule is Cc1cc(Cl)cc2sc(N(CCN3CCOCC3)C(=O)c3cccc(F)c3)nc12. The van der Waals surface area contributed by atoms with E-state index in [0.717, 1.165) is 28.9 Å². The summed E-state index contributed by atoms with van der Waals surface area (Å²) in [6.07, 6.45) is 0. The lowest BCUT2D eigenvalue weighted by molar-refractivity contribution is 0.0391. The van der Waals surface area contributed by atoms with Crippen LogP contribution in [0.15, 0.2) is 36.4 Å². The quantitative estimate of drug-likeness (QED) is 0.599. The Labute approximate surface area is 177 Å². The Hall–Kier alpha value is -2.06. The Kier molecular flexibility index (Phi) is 6.10. The van der Waals surface area contributed by atoms with E-state index in [0.29, 0.717) is 42.0 Å². The van der Waals surface area contributed by atoms with Crippen LogP contribution in [0.2, 0.25) is 5.02 Å². The van der Waals surface area contributed by atoms with E-state index in [1.165, 1.54) is 23.5 Å². The Balaban J connectivity index is 1.67. The third-order valence-corrected chi connectivity index (χ3v) is 6.17. The van der Waals surface area contributed by atoms with Crippen molar-refractivity contribution in [3.05, 3.63) is 58.4 Å². The zero-order valence-corrected chi connectivity index (χ0v) is 17.6. The van der Waals surface area contributed by atoms with Crippen LogP contribution in [0.3, 0.4) is 0 Å². The first-order chi connectivity index (χ1) is 14.0. The summed E-state index contributed by atoms with van der Waals surface area (Å²) in [5.74, 6) is -0.698. The number of benzene rings is 2. The summed E-state index contributed by atoms with van der Waals surface area (Å²) in [5.41, 5.74) is 2.10. The van der Waals surface area contributed by atoms with Crippen molar-refractivity contribution >= 4 is 44.2 Å². The van der Waals surface area contributed by atoms with Gasteiger partial charge in [-0.25, -0.2) is 9.37 Å². The number of hydrogen-bond donors (Lipinski definition) is 0. The molecule has 29 heavy (non-hydrogen) atoms. The largest absolute Gasteiger partial charge is 0.379 e. The second-order valence-electron chi connectivity index (χ2n) is 6.99.